The van der Waals surface area contributed by atoms with Crippen LogP contribution in [0.4, 0.5) is 9.18 Å². The second-order valence-electron chi connectivity index (χ2n) is 7.04. The fourth-order valence-electron chi connectivity index (χ4n) is 3.18. The van der Waals surface area contributed by atoms with Gasteiger partial charge in [-0.05, 0) is 24.1 Å². The van der Waals surface area contributed by atoms with Crippen molar-refractivity contribution in [1.82, 2.24) is 9.21 Å². The molecule has 3 rings (SSSR count). The van der Waals surface area contributed by atoms with E-state index in [4.69, 9.17) is 9.47 Å². The number of benzene rings is 2. The van der Waals surface area contributed by atoms with Gasteiger partial charge in [0, 0.05) is 26.7 Å². The van der Waals surface area contributed by atoms with Gasteiger partial charge in [-0.2, -0.15) is 0 Å². The number of carbonyl (C=O) groups excluding carboxylic acids is 1. The number of hydrogen-bond donors (Lipinski definition) is 0. The monoisotopic (exact) mass is 436 g/mol. The zero-order chi connectivity index (χ0) is 21.6. The second kappa shape index (κ2) is 9.90. The number of hydrogen-bond acceptors (Lipinski definition) is 5. The predicted octanol–water partition coefficient (Wildman–Crippen LogP) is 2.88. The molecule has 1 heterocycles. The Kier molecular flexibility index (Phi) is 7.28. The van der Waals surface area contributed by atoms with Gasteiger partial charge in [0.05, 0.1) is 5.25 Å². The summed E-state index contributed by atoms with van der Waals surface area (Å²) in [6.45, 7) is 0.629. The molecule has 30 heavy (non-hydrogen) atoms. The minimum atomic E-state index is -3.63. The normalized spacial score (nSPS) is 16.6. The second-order valence-corrected chi connectivity index (χ2v) is 9.36. The Morgan fingerprint density at radius 1 is 1.17 bits per heavy atom. The van der Waals surface area contributed by atoms with E-state index in [1.54, 1.807) is 12.1 Å². The summed E-state index contributed by atoms with van der Waals surface area (Å²) in [4.78, 5) is 13.7. The molecule has 1 amide bonds. The lowest BCUT2D eigenvalue weighted by Gasteiger charge is -2.22. The van der Waals surface area contributed by atoms with Crippen LogP contribution < -0.4 is 4.74 Å². The highest BCUT2D eigenvalue weighted by atomic mass is 32.2. The molecule has 1 saturated heterocycles. The summed E-state index contributed by atoms with van der Waals surface area (Å²) in [5.74, 6) is -0.417. The van der Waals surface area contributed by atoms with Gasteiger partial charge in [-0.15, -0.1) is 0 Å². The Bertz CT molecular complexity index is 955. The van der Waals surface area contributed by atoms with Gasteiger partial charge in [-0.25, -0.2) is 21.9 Å². The topological polar surface area (TPSA) is 76.2 Å². The summed E-state index contributed by atoms with van der Waals surface area (Å²) in [5.41, 5.74) is 0.865. The molecule has 0 spiro atoms. The van der Waals surface area contributed by atoms with Crippen LogP contribution in [0.15, 0.2) is 54.6 Å². The lowest BCUT2D eigenvalue weighted by molar-refractivity contribution is 0.104. The third kappa shape index (κ3) is 5.48. The number of para-hydroxylation sites is 1. The van der Waals surface area contributed by atoms with E-state index >= 15 is 0 Å². The smallest absolute Gasteiger partial charge is 0.410 e. The number of carbonyl (C=O) groups is 1. The van der Waals surface area contributed by atoms with Crippen LogP contribution >= 0.6 is 0 Å². The fraction of sp³-hybridized carbons (Fsp3) is 0.381. The van der Waals surface area contributed by atoms with Gasteiger partial charge in [0.2, 0.25) is 10.0 Å². The van der Waals surface area contributed by atoms with E-state index in [-0.39, 0.29) is 32.1 Å². The first-order valence-corrected chi connectivity index (χ1v) is 11.2. The summed E-state index contributed by atoms with van der Waals surface area (Å²) < 4.78 is 51.0. The van der Waals surface area contributed by atoms with Crippen LogP contribution in [0.2, 0.25) is 0 Å². The van der Waals surface area contributed by atoms with Crippen LogP contribution in [0.25, 0.3) is 0 Å². The highest BCUT2D eigenvalue weighted by Gasteiger charge is 2.38. The predicted molar refractivity (Wildman–Crippen MR) is 110 cm³/mol. The van der Waals surface area contributed by atoms with Gasteiger partial charge < -0.3 is 14.4 Å². The van der Waals surface area contributed by atoms with E-state index in [0.29, 0.717) is 13.0 Å². The number of rotatable bonds is 8. The van der Waals surface area contributed by atoms with Crippen LogP contribution in [0.3, 0.4) is 0 Å². The number of sulfonamides is 1. The first kappa shape index (κ1) is 22.0. The van der Waals surface area contributed by atoms with Crippen LogP contribution in [-0.2, 0) is 21.4 Å². The first-order valence-electron chi connectivity index (χ1n) is 9.66. The number of halogens is 1. The van der Waals surface area contributed by atoms with Crippen molar-refractivity contribution in [2.24, 2.45) is 0 Å². The first-order chi connectivity index (χ1) is 14.4. The maximum Gasteiger partial charge on any atom is 0.410 e. The Labute approximate surface area is 176 Å². The van der Waals surface area contributed by atoms with Crippen molar-refractivity contribution in [3.8, 4) is 5.75 Å². The lowest BCUT2D eigenvalue weighted by atomic mass is 10.2. The molecule has 0 unspecified atom stereocenters. The minimum Gasteiger partial charge on any atom is -0.489 e. The highest BCUT2D eigenvalue weighted by Crippen LogP contribution is 2.21. The molecule has 1 aliphatic heterocycles. The van der Waals surface area contributed by atoms with E-state index in [1.807, 2.05) is 30.3 Å². The van der Waals surface area contributed by atoms with Gasteiger partial charge in [0.1, 0.15) is 13.2 Å². The SMILES string of the molecule is CN(CCOc1ccccc1F)S(=O)(=O)[C@H]1CCN(C(=O)OCc2ccccc2)C1. The molecule has 9 heteroatoms. The summed E-state index contributed by atoms with van der Waals surface area (Å²) in [6.07, 6.45) is -0.191. The quantitative estimate of drug-likeness (QED) is 0.636. The summed E-state index contributed by atoms with van der Waals surface area (Å²) in [6, 6.07) is 15.2. The molecule has 162 valence electrons. The van der Waals surface area contributed by atoms with E-state index in [0.717, 1.165) is 5.56 Å². The van der Waals surface area contributed by atoms with Gasteiger partial charge in [0.25, 0.3) is 0 Å². The van der Waals surface area contributed by atoms with E-state index in [2.05, 4.69) is 0 Å². The molecule has 0 N–H and O–H groups in total. The summed E-state index contributed by atoms with van der Waals surface area (Å²) in [5, 5.41) is -0.708. The number of likely N-dealkylation sites (tertiary alicyclic amines) is 1. The molecule has 2 aromatic carbocycles. The Morgan fingerprint density at radius 2 is 1.87 bits per heavy atom. The zero-order valence-corrected chi connectivity index (χ0v) is 17.6. The molecule has 0 saturated carbocycles. The third-order valence-electron chi connectivity index (χ3n) is 4.96. The van der Waals surface area contributed by atoms with Gasteiger partial charge >= 0.3 is 6.09 Å². The van der Waals surface area contributed by atoms with Crippen molar-refractivity contribution < 1.29 is 27.1 Å². The molecule has 0 radical (unpaired) electrons. The van der Waals surface area contributed by atoms with Crippen LogP contribution in [0, 0.1) is 5.82 Å². The minimum absolute atomic E-state index is 0.0201. The number of amides is 1. The molecule has 0 bridgehead atoms. The van der Waals surface area contributed by atoms with Crippen LogP contribution in [0.1, 0.15) is 12.0 Å². The maximum atomic E-state index is 13.6. The molecule has 1 atom stereocenters. The summed E-state index contributed by atoms with van der Waals surface area (Å²) in [7, 11) is -2.17. The third-order valence-corrected chi connectivity index (χ3v) is 7.24. The molecule has 1 aliphatic rings. The zero-order valence-electron chi connectivity index (χ0n) is 16.7. The van der Waals surface area contributed by atoms with Crippen molar-refractivity contribution in [3.05, 3.63) is 66.0 Å². The van der Waals surface area contributed by atoms with E-state index < -0.39 is 27.2 Å². The highest BCUT2D eigenvalue weighted by molar-refractivity contribution is 7.89. The van der Waals surface area contributed by atoms with E-state index in [1.165, 1.54) is 28.4 Å². The van der Waals surface area contributed by atoms with Gasteiger partial charge in [-0.1, -0.05) is 42.5 Å². The molecular weight excluding hydrogens is 411 g/mol. The average Bonchev–Trinajstić information content (AvgIpc) is 3.25. The number of nitrogens with zero attached hydrogens (tertiary/aromatic N) is 2. The molecular formula is C21H25FN2O5S. The number of likely N-dealkylation sites (N-methyl/N-ethyl adjacent to an activating group) is 1. The Balaban J connectivity index is 1.47. The molecule has 0 aliphatic carbocycles. The Morgan fingerprint density at radius 3 is 2.60 bits per heavy atom. The van der Waals surface area contributed by atoms with Crippen molar-refractivity contribution in [3.63, 3.8) is 0 Å². The van der Waals surface area contributed by atoms with Crippen molar-refractivity contribution in [2.75, 3.05) is 33.3 Å². The average molecular weight is 437 g/mol. The molecule has 1 fully saturated rings. The van der Waals surface area contributed by atoms with Gasteiger partial charge in [-0.3, -0.25) is 0 Å². The fourth-order valence-corrected chi connectivity index (χ4v) is 4.78. The Hall–Kier alpha value is -2.65. The van der Waals surface area contributed by atoms with Crippen LogP contribution in [0.5, 0.6) is 5.75 Å². The van der Waals surface area contributed by atoms with Crippen molar-refractivity contribution in [1.29, 1.82) is 0 Å². The summed E-state index contributed by atoms with van der Waals surface area (Å²) >= 11 is 0. The standard InChI is InChI=1S/C21H25FN2O5S/c1-23(13-14-28-20-10-6-5-9-19(20)22)30(26,27)18-11-12-24(15-18)21(25)29-16-17-7-3-2-4-8-17/h2-10,18H,11-16H2,1H3/t18-/m0/s1. The molecule has 2 aromatic rings. The van der Waals surface area contributed by atoms with E-state index in [9.17, 15) is 17.6 Å². The largest absolute Gasteiger partial charge is 0.489 e. The lowest BCUT2D eigenvalue weighted by Crippen LogP contribution is -2.40. The van der Waals surface area contributed by atoms with Crippen molar-refractivity contribution >= 4 is 16.1 Å². The number of ether oxygens (including phenoxy) is 2. The molecule has 0 aromatic heterocycles. The maximum absolute atomic E-state index is 13.6. The van der Waals surface area contributed by atoms with Crippen LogP contribution in [-0.4, -0.2) is 62.3 Å². The van der Waals surface area contributed by atoms with Gasteiger partial charge in [0.15, 0.2) is 11.6 Å². The van der Waals surface area contributed by atoms with Crippen molar-refractivity contribution in [2.45, 2.75) is 18.3 Å². The molecule has 7 nitrogen and oxygen atoms in total.